The third-order valence-corrected chi connectivity index (χ3v) is 10.8. The molecule has 44 heavy (non-hydrogen) atoms. The highest BCUT2D eigenvalue weighted by Gasteiger charge is 2.68. The monoisotopic (exact) mass is 619 g/mol. The van der Waals surface area contributed by atoms with Crippen molar-refractivity contribution in [1.29, 1.82) is 0 Å². The number of likely N-dealkylation sites (tertiary alicyclic amines) is 1. The lowest BCUT2D eigenvalue weighted by atomic mass is 9.43. The van der Waals surface area contributed by atoms with Gasteiger partial charge in [0.15, 0.2) is 0 Å². The molecule has 2 aliphatic heterocycles. The summed E-state index contributed by atoms with van der Waals surface area (Å²) in [5.74, 6) is -0.803. The van der Waals surface area contributed by atoms with E-state index in [1.165, 1.54) is 19.1 Å². The number of amides is 3. The smallest absolute Gasteiger partial charge is 0.404 e. The Morgan fingerprint density at radius 1 is 1.09 bits per heavy atom. The zero-order valence-corrected chi connectivity index (χ0v) is 26.5. The van der Waals surface area contributed by atoms with Crippen molar-refractivity contribution in [1.82, 2.24) is 15.5 Å². The Morgan fingerprint density at radius 2 is 1.77 bits per heavy atom. The molecular weight excluding hydrogens is 574 g/mol. The van der Waals surface area contributed by atoms with Crippen molar-refractivity contribution >= 4 is 24.8 Å². The Kier molecular flexibility index (Phi) is 8.92. The summed E-state index contributed by atoms with van der Waals surface area (Å²) in [6, 6.07) is 3.61. The van der Waals surface area contributed by atoms with Crippen molar-refractivity contribution in [3.63, 3.8) is 0 Å². The van der Waals surface area contributed by atoms with Crippen LogP contribution < -0.4 is 10.6 Å². The van der Waals surface area contributed by atoms with Crippen LogP contribution in [0.3, 0.4) is 0 Å². The molecule has 2 heterocycles. The topological polar surface area (TPSA) is 97.0 Å². The fourth-order valence-corrected chi connectivity index (χ4v) is 8.02. The minimum Gasteiger partial charge on any atom is -0.404 e. The summed E-state index contributed by atoms with van der Waals surface area (Å²) in [5, 5.41) is 5.85. The minimum atomic E-state index is -4.42. The van der Waals surface area contributed by atoms with Crippen LogP contribution in [0.25, 0.3) is 0 Å². The quantitative estimate of drug-likeness (QED) is 0.396. The first-order chi connectivity index (χ1) is 20.5. The number of alkyl halides is 3. The molecular formula is C32H45BF3N3O5. The van der Waals surface area contributed by atoms with E-state index in [-0.39, 0.29) is 35.2 Å². The summed E-state index contributed by atoms with van der Waals surface area (Å²) in [7, 11) is -0.730. The van der Waals surface area contributed by atoms with Gasteiger partial charge in [-0.25, -0.2) is 0 Å². The average Bonchev–Trinajstić information content (AvgIpc) is 3.57. The van der Waals surface area contributed by atoms with Crippen molar-refractivity contribution in [3.05, 3.63) is 35.4 Å². The van der Waals surface area contributed by atoms with Crippen LogP contribution in [0, 0.1) is 23.2 Å². The Bertz CT molecular complexity index is 1260. The van der Waals surface area contributed by atoms with Crippen LogP contribution in [0.2, 0.25) is 0 Å². The van der Waals surface area contributed by atoms with Crippen LogP contribution in [-0.4, -0.2) is 66.0 Å². The molecule has 8 nitrogen and oxygen atoms in total. The number of aryl methyl sites for hydroxylation is 1. The molecule has 0 aromatic heterocycles. The van der Waals surface area contributed by atoms with Crippen LogP contribution in [0.15, 0.2) is 24.3 Å². The van der Waals surface area contributed by atoms with E-state index in [1.54, 1.807) is 4.90 Å². The highest BCUT2D eigenvalue weighted by atomic mass is 19.4. The lowest BCUT2D eigenvalue weighted by molar-refractivity contribution is -0.199. The van der Waals surface area contributed by atoms with E-state index in [0.717, 1.165) is 25.0 Å². The van der Waals surface area contributed by atoms with E-state index < -0.39 is 42.5 Å². The lowest BCUT2D eigenvalue weighted by Gasteiger charge is -2.64. The lowest BCUT2D eigenvalue weighted by Crippen LogP contribution is -2.65. The highest BCUT2D eigenvalue weighted by molar-refractivity contribution is 6.48. The van der Waals surface area contributed by atoms with Gasteiger partial charge in [0.25, 0.3) is 0 Å². The number of rotatable bonds is 9. The van der Waals surface area contributed by atoms with Crippen molar-refractivity contribution in [2.75, 3.05) is 6.54 Å². The first kappa shape index (κ1) is 32.8. The molecule has 5 fully saturated rings. The second-order valence-corrected chi connectivity index (χ2v) is 14.3. The fourth-order valence-electron chi connectivity index (χ4n) is 8.02. The van der Waals surface area contributed by atoms with Crippen molar-refractivity contribution in [2.45, 2.75) is 116 Å². The van der Waals surface area contributed by atoms with Gasteiger partial charge in [-0.15, -0.1) is 0 Å². The SMILES string of the molecule is CC(=O)N[C@H](C(=O)N1CCC[C@H]1C(=O)N[C@@H](CCc1ccc(C(F)(F)F)cc1)B1O[C@H]2C[C@@H]3C[C@@H](C3(C)C)[C@@]2(C)O1)C(C)C. The average molecular weight is 620 g/mol. The molecule has 3 saturated carbocycles. The van der Waals surface area contributed by atoms with Crippen molar-refractivity contribution in [2.24, 2.45) is 23.2 Å². The van der Waals surface area contributed by atoms with Gasteiger partial charge >= 0.3 is 13.3 Å². The van der Waals surface area contributed by atoms with Gasteiger partial charge in [-0.05, 0) is 86.3 Å². The predicted octanol–water partition coefficient (Wildman–Crippen LogP) is 4.54. The van der Waals surface area contributed by atoms with Crippen LogP contribution in [0.4, 0.5) is 13.2 Å². The van der Waals surface area contributed by atoms with E-state index in [4.69, 9.17) is 9.31 Å². The molecule has 2 N–H and O–H groups in total. The van der Waals surface area contributed by atoms with Gasteiger partial charge in [-0.1, -0.05) is 39.8 Å². The number of benzene rings is 1. The van der Waals surface area contributed by atoms with E-state index in [9.17, 15) is 27.6 Å². The maximum absolute atomic E-state index is 13.8. The summed E-state index contributed by atoms with van der Waals surface area (Å²) in [6.45, 7) is 12.1. The number of halogens is 3. The Morgan fingerprint density at radius 3 is 2.36 bits per heavy atom. The predicted molar refractivity (Wildman–Crippen MR) is 159 cm³/mol. The van der Waals surface area contributed by atoms with Gasteiger partial charge in [-0.3, -0.25) is 14.4 Å². The molecule has 0 radical (unpaired) electrons. The van der Waals surface area contributed by atoms with Crippen LogP contribution in [0.5, 0.6) is 0 Å². The molecule has 242 valence electrons. The van der Waals surface area contributed by atoms with Crippen LogP contribution in [0.1, 0.15) is 84.8 Å². The molecule has 0 spiro atoms. The third-order valence-electron chi connectivity index (χ3n) is 10.8. The van der Waals surface area contributed by atoms with Crippen LogP contribution >= 0.6 is 0 Å². The zero-order chi connectivity index (χ0) is 32.2. The number of hydrogen-bond donors (Lipinski definition) is 2. The van der Waals surface area contributed by atoms with Crippen molar-refractivity contribution < 1.29 is 36.9 Å². The van der Waals surface area contributed by atoms with Gasteiger partial charge in [0.05, 0.1) is 23.2 Å². The van der Waals surface area contributed by atoms with Gasteiger partial charge < -0.3 is 24.8 Å². The normalized spacial score (nSPS) is 30.4. The Balaban J connectivity index is 1.34. The number of hydrogen-bond acceptors (Lipinski definition) is 5. The van der Waals surface area contributed by atoms with E-state index in [2.05, 4.69) is 31.4 Å². The van der Waals surface area contributed by atoms with Gasteiger partial charge in [0.2, 0.25) is 17.7 Å². The molecule has 0 unspecified atom stereocenters. The van der Waals surface area contributed by atoms with E-state index in [1.807, 2.05) is 13.8 Å². The first-order valence-electron chi connectivity index (χ1n) is 15.9. The first-order valence-corrected chi connectivity index (χ1v) is 15.9. The molecule has 12 heteroatoms. The Hall–Kier alpha value is -2.60. The maximum atomic E-state index is 13.8. The fraction of sp³-hybridized carbons (Fsp3) is 0.719. The second kappa shape index (κ2) is 12.0. The van der Waals surface area contributed by atoms with E-state index >= 15 is 0 Å². The molecule has 7 atom stereocenters. The van der Waals surface area contributed by atoms with Gasteiger partial charge in [0.1, 0.15) is 12.1 Å². The molecule has 2 saturated heterocycles. The molecule has 1 aromatic rings. The number of carbonyl (C=O) groups is 3. The number of carbonyl (C=O) groups excluding carboxylic acids is 3. The summed E-state index contributed by atoms with van der Waals surface area (Å²) in [4.78, 5) is 40.7. The van der Waals surface area contributed by atoms with E-state index in [0.29, 0.717) is 49.6 Å². The maximum Gasteiger partial charge on any atom is 0.481 e. The highest BCUT2D eigenvalue weighted by Crippen LogP contribution is 2.65. The summed E-state index contributed by atoms with van der Waals surface area (Å²) in [6.07, 6.45) is -0.661. The summed E-state index contributed by atoms with van der Waals surface area (Å²) < 4.78 is 52.6. The van der Waals surface area contributed by atoms with Gasteiger partial charge in [0, 0.05) is 13.5 Å². The largest absolute Gasteiger partial charge is 0.481 e. The number of nitrogens with one attached hydrogen (secondary N) is 2. The van der Waals surface area contributed by atoms with Crippen LogP contribution in [-0.2, 0) is 36.3 Å². The standard InChI is InChI=1S/C32H45BF3N3O5/c1-18(2)27(37-19(3)40)29(42)39-15-7-8-23(39)28(41)38-26(14-11-20-9-12-21(13-10-20)32(34,35)36)33-43-25-17-22-16-24(30(22,4)5)31(25,6)44-33/h9-10,12-13,18,22-27H,7-8,11,14-17H2,1-6H3,(H,37,40)(H,38,41)/t22-,23-,24-,25-,26-,27-,31+/m0/s1. The number of nitrogens with zero attached hydrogens (tertiary/aromatic N) is 1. The van der Waals surface area contributed by atoms with Crippen molar-refractivity contribution in [3.8, 4) is 0 Å². The third kappa shape index (κ3) is 6.13. The zero-order valence-electron chi connectivity index (χ0n) is 26.5. The molecule has 6 rings (SSSR count). The molecule has 1 aromatic carbocycles. The minimum absolute atomic E-state index is 0.108. The molecule has 3 amide bonds. The summed E-state index contributed by atoms with van der Waals surface area (Å²) in [5.41, 5.74) is -0.376. The molecule has 5 aliphatic rings. The summed E-state index contributed by atoms with van der Waals surface area (Å²) >= 11 is 0. The Labute approximate surface area is 258 Å². The molecule has 2 bridgehead atoms. The van der Waals surface area contributed by atoms with Gasteiger partial charge in [-0.2, -0.15) is 13.2 Å². The second-order valence-electron chi connectivity index (χ2n) is 14.3. The molecule has 3 aliphatic carbocycles.